The van der Waals surface area contributed by atoms with E-state index < -0.39 is 11.8 Å². The fourth-order valence-electron chi connectivity index (χ4n) is 1.67. The van der Waals surface area contributed by atoms with Crippen molar-refractivity contribution in [2.24, 2.45) is 0 Å². The molecule has 1 aromatic heterocycles. The monoisotopic (exact) mass is 284 g/mol. The molecule has 7 heteroatoms. The maximum absolute atomic E-state index is 13.2. The molecule has 2 rings (SSSR count). The van der Waals surface area contributed by atoms with Crippen molar-refractivity contribution in [3.63, 3.8) is 0 Å². The quantitative estimate of drug-likeness (QED) is 0.937. The molecule has 0 fully saturated rings. The fourth-order valence-corrected chi connectivity index (χ4v) is 1.99. The third-order valence-electron chi connectivity index (χ3n) is 2.45. The van der Waals surface area contributed by atoms with Crippen LogP contribution in [0.3, 0.4) is 0 Å². The largest absolute Gasteiger partial charge is 0.478 e. The number of halogens is 2. The summed E-state index contributed by atoms with van der Waals surface area (Å²) in [5, 5.41) is 13.1. The van der Waals surface area contributed by atoms with E-state index >= 15 is 0 Å². The molecule has 100 valence electrons. The number of hydrogen-bond acceptors (Lipinski definition) is 3. The van der Waals surface area contributed by atoms with Crippen molar-refractivity contribution in [1.82, 2.24) is 9.78 Å². The molecular weight excluding hydrogens is 275 g/mol. The Kier molecular flexibility index (Phi) is 3.82. The number of aromatic carboxylic acids is 1. The van der Waals surface area contributed by atoms with E-state index in [1.165, 1.54) is 30.0 Å². The summed E-state index contributed by atoms with van der Waals surface area (Å²) in [5.41, 5.74) is 0.381. The van der Waals surface area contributed by atoms with Crippen molar-refractivity contribution in [1.29, 1.82) is 0 Å². The lowest BCUT2D eigenvalue weighted by molar-refractivity contribution is 0.0692. The van der Waals surface area contributed by atoms with E-state index in [4.69, 9.17) is 21.4 Å². The van der Waals surface area contributed by atoms with Gasteiger partial charge >= 0.3 is 5.97 Å². The average Bonchev–Trinajstić information content (AvgIpc) is 2.67. The molecule has 19 heavy (non-hydrogen) atoms. The first kappa shape index (κ1) is 13.5. The number of ether oxygens (including phenoxy) is 1. The zero-order valence-electron chi connectivity index (χ0n) is 9.93. The Balaban J connectivity index is 2.59. The number of carboxylic acid groups (broad SMARTS) is 1. The predicted octanol–water partition coefficient (Wildman–Crippen LogP) is 2.51. The number of nitrogens with zero attached hydrogens (tertiary/aromatic N) is 2. The van der Waals surface area contributed by atoms with Crippen LogP contribution >= 0.6 is 11.6 Å². The summed E-state index contributed by atoms with van der Waals surface area (Å²) in [6.07, 6.45) is 0. The number of methoxy groups -OCH3 is 1. The van der Waals surface area contributed by atoms with Crippen molar-refractivity contribution in [2.45, 2.75) is 6.61 Å². The summed E-state index contributed by atoms with van der Waals surface area (Å²) in [6.45, 7) is 0.00364. The Hall–Kier alpha value is -1.92. The van der Waals surface area contributed by atoms with Gasteiger partial charge < -0.3 is 9.84 Å². The van der Waals surface area contributed by atoms with Gasteiger partial charge in [-0.1, -0.05) is 17.7 Å². The molecule has 0 amide bonds. The Morgan fingerprint density at radius 1 is 1.58 bits per heavy atom. The summed E-state index contributed by atoms with van der Waals surface area (Å²) < 4.78 is 19.2. The van der Waals surface area contributed by atoms with Gasteiger partial charge in [0.1, 0.15) is 22.2 Å². The molecule has 0 radical (unpaired) electrons. The molecule has 0 atom stereocenters. The summed E-state index contributed by atoms with van der Waals surface area (Å²) in [6, 6.07) is 5.54. The van der Waals surface area contributed by atoms with Crippen molar-refractivity contribution < 1.29 is 19.0 Å². The van der Waals surface area contributed by atoms with Gasteiger partial charge in [-0.2, -0.15) is 5.10 Å². The van der Waals surface area contributed by atoms with E-state index in [1.54, 1.807) is 6.07 Å². The van der Waals surface area contributed by atoms with Gasteiger partial charge in [0.05, 0.1) is 12.3 Å². The van der Waals surface area contributed by atoms with Crippen LogP contribution in [0.4, 0.5) is 4.39 Å². The molecule has 0 bridgehead atoms. The second kappa shape index (κ2) is 5.38. The maximum Gasteiger partial charge on any atom is 0.340 e. The van der Waals surface area contributed by atoms with Crippen LogP contribution in [0.2, 0.25) is 5.15 Å². The average molecular weight is 285 g/mol. The zero-order valence-corrected chi connectivity index (χ0v) is 10.7. The summed E-state index contributed by atoms with van der Waals surface area (Å²) in [4.78, 5) is 11.2. The predicted molar refractivity (Wildman–Crippen MR) is 66.2 cm³/mol. The van der Waals surface area contributed by atoms with E-state index in [1.807, 2.05) is 0 Å². The lowest BCUT2D eigenvalue weighted by Crippen LogP contribution is -2.01. The standard InChI is InChI=1S/C12H10ClFN2O3/c1-19-6-9-10(12(17)18)11(13)16(15-9)8-4-2-3-7(14)5-8/h2-5H,6H2,1H3,(H,17,18). The van der Waals surface area contributed by atoms with Gasteiger partial charge in [-0.05, 0) is 18.2 Å². The van der Waals surface area contributed by atoms with Gasteiger partial charge in [-0.25, -0.2) is 13.9 Å². The molecular formula is C12H10ClFN2O3. The molecule has 1 N–H and O–H groups in total. The third kappa shape index (κ3) is 2.59. The maximum atomic E-state index is 13.2. The first-order valence-electron chi connectivity index (χ1n) is 5.30. The smallest absolute Gasteiger partial charge is 0.340 e. The summed E-state index contributed by atoms with van der Waals surface area (Å²) >= 11 is 5.99. The van der Waals surface area contributed by atoms with Gasteiger partial charge in [-0.15, -0.1) is 0 Å². The highest BCUT2D eigenvalue weighted by atomic mass is 35.5. The van der Waals surface area contributed by atoms with Crippen molar-refractivity contribution >= 4 is 17.6 Å². The van der Waals surface area contributed by atoms with Gasteiger partial charge in [0.15, 0.2) is 0 Å². The number of carboxylic acids is 1. The van der Waals surface area contributed by atoms with Crippen molar-refractivity contribution in [3.8, 4) is 5.69 Å². The summed E-state index contributed by atoms with van der Waals surface area (Å²) in [5.74, 6) is -1.67. The molecule has 0 saturated heterocycles. The van der Waals surface area contributed by atoms with E-state index in [0.29, 0.717) is 5.69 Å². The molecule has 0 unspecified atom stereocenters. The second-order valence-corrected chi connectivity index (χ2v) is 4.10. The van der Waals surface area contributed by atoms with Crippen LogP contribution in [0, 0.1) is 5.82 Å². The minimum Gasteiger partial charge on any atom is -0.478 e. The molecule has 0 aliphatic rings. The zero-order chi connectivity index (χ0) is 14.0. The SMILES string of the molecule is COCc1nn(-c2cccc(F)c2)c(Cl)c1C(=O)O. The van der Waals surface area contributed by atoms with Crippen LogP contribution in [-0.4, -0.2) is 28.0 Å². The lowest BCUT2D eigenvalue weighted by Gasteiger charge is -2.02. The van der Waals surface area contributed by atoms with E-state index in [2.05, 4.69) is 5.10 Å². The minimum absolute atomic E-state index is 0.00364. The van der Waals surface area contributed by atoms with Crippen molar-refractivity contribution in [2.75, 3.05) is 7.11 Å². The lowest BCUT2D eigenvalue weighted by atomic mass is 10.2. The molecule has 2 aromatic rings. The number of carbonyl (C=O) groups is 1. The Labute approximate surface area is 113 Å². The van der Waals surface area contributed by atoms with Crippen LogP contribution in [-0.2, 0) is 11.3 Å². The molecule has 0 spiro atoms. The van der Waals surface area contributed by atoms with Gasteiger partial charge in [0, 0.05) is 7.11 Å². The fraction of sp³-hybridized carbons (Fsp3) is 0.167. The van der Waals surface area contributed by atoms with Gasteiger partial charge in [-0.3, -0.25) is 0 Å². The first-order chi connectivity index (χ1) is 9.04. The van der Waals surface area contributed by atoms with Crippen LogP contribution < -0.4 is 0 Å². The topological polar surface area (TPSA) is 64.4 Å². The number of benzene rings is 1. The van der Waals surface area contributed by atoms with Crippen LogP contribution in [0.25, 0.3) is 5.69 Å². The van der Waals surface area contributed by atoms with Gasteiger partial charge in [0.25, 0.3) is 0 Å². The normalized spacial score (nSPS) is 10.7. The van der Waals surface area contributed by atoms with Crippen molar-refractivity contribution in [3.05, 3.63) is 46.5 Å². The highest BCUT2D eigenvalue weighted by Crippen LogP contribution is 2.24. The number of aromatic nitrogens is 2. The Bertz CT molecular complexity index is 627. The molecule has 0 aliphatic carbocycles. The number of hydrogen-bond donors (Lipinski definition) is 1. The van der Waals surface area contributed by atoms with E-state index in [0.717, 1.165) is 0 Å². The Morgan fingerprint density at radius 3 is 2.89 bits per heavy atom. The second-order valence-electron chi connectivity index (χ2n) is 3.74. The number of rotatable bonds is 4. The van der Waals surface area contributed by atoms with Gasteiger partial charge in [0.2, 0.25) is 0 Å². The molecule has 0 aliphatic heterocycles. The highest BCUT2D eigenvalue weighted by Gasteiger charge is 2.22. The van der Waals surface area contributed by atoms with Crippen LogP contribution in [0.1, 0.15) is 16.1 Å². The Morgan fingerprint density at radius 2 is 2.32 bits per heavy atom. The molecule has 0 saturated carbocycles. The molecule has 1 aromatic carbocycles. The third-order valence-corrected chi connectivity index (χ3v) is 2.80. The first-order valence-corrected chi connectivity index (χ1v) is 5.68. The van der Waals surface area contributed by atoms with E-state index in [9.17, 15) is 9.18 Å². The highest BCUT2D eigenvalue weighted by molar-refractivity contribution is 6.32. The van der Waals surface area contributed by atoms with Crippen LogP contribution in [0.15, 0.2) is 24.3 Å². The van der Waals surface area contributed by atoms with Crippen LogP contribution in [0.5, 0.6) is 0 Å². The molecule has 1 heterocycles. The molecule has 5 nitrogen and oxygen atoms in total. The van der Waals surface area contributed by atoms with E-state index in [-0.39, 0.29) is 23.0 Å². The minimum atomic E-state index is -1.21. The summed E-state index contributed by atoms with van der Waals surface area (Å²) in [7, 11) is 1.42.